The highest BCUT2D eigenvalue weighted by atomic mass is 16.5. The van der Waals surface area contributed by atoms with Crippen LogP contribution in [0.25, 0.3) is 10.8 Å². The smallest absolute Gasteiger partial charge is 0.211 e. The highest BCUT2D eigenvalue weighted by Crippen LogP contribution is 2.33. The Kier molecular flexibility index (Phi) is 6.55. The van der Waals surface area contributed by atoms with Crippen LogP contribution in [0.1, 0.15) is 29.9 Å². The summed E-state index contributed by atoms with van der Waals surface area (Å²) in [5.41, 5.74) is 0.921. The zero-order chi connectivity index (χ0) is 19.1. The molecule has 0 N–H and O–H groups in total. The standard InChI is InChI=1S/C19H17NO4.C2H6/c1-22-14-6-4-12(5-7-14)19(21)18-15-11-17(24-3)16(23-2)10-13(15)8-9-20-18;1-2/h4-11H,1-3H3;1-2H3. The molecule has 0 fully saturated rings. The Hall–Kier alpha value is -3.08. The monoisotopic (exact) mass is 353 g/mol. The average Bonchev–Trinajstić information content (AvgIpc) is 2.73. The van der Waals surface area contributed by atoms with Crippen LogP contribution in [-0.4, -0.2) is 32.1 Å². The third kappa shape index (κ3) is 3.77. The topological polar surface area (TPSA) is 57.7 Å². The van der Waals surface area contributed by atoms with Crippen LogP contribution in [0.15, 0.2) is 48.7 Å². The summed E-state index contributed by atoms with van der Waals surface area (Å²) in [7, 11) is 4.72. The first kappa shape index (κ1) is 19.2. The van der Waals surface area contributed by atoms with Gasteiger partial charge < -0.3 is 14.2 Å². The van der Waals surface area contributed by atoms with Gasteiger partial charge in [-0.15, -0.1) is 0 Å². The second kappa shape index (κ2) is 8.85. The predicted molar refractivity (Wildman–Crippen MR) is 103 cm³/mol. The first-order valence-corrected chi connectivity index (χ1v) is 8.37. The summed E-state index contributed by atoms with van der Waals surface area (Å²) in [6.07, 6.45) is 1.62. The lowest BCUT2D eigenvalue weighted by Crippen LogP contribution is -2.05. The van der Waals surface area contributed by atoms with E-state index in [1.165, 1.54) is 0 Å². The third-order valence-electron chi connectivity index (χ3n) is 3.84. The molecule has 1 heterocycles. The summed E-state index contributed by atoms with van der Waals surface area (Å²) in [5.74, 6) is 1.71. The molecule has 0 aliphatic heterocycles. The molecule has 0 aliphatic rings. The molecule has 0 saturated carbocycles. The summed E-state index contributed by atoms with van der Waals surface area (Å²) < 4.78 is 15.8. The van der Waals surface area contributed by atoms with Crippen molar-refractivity contribution < 1.29 is 19.0 Å². The van der Waals surface area contributed by atoms with Gasteiger partial charge >= 0.3 is 0 Å². The van der Waals surface area contributed by atoms with Gasteiger partial charge in [-0.1, -0.05) is 13.8 Å². The van der Waals surface area contributed by atoms with E-state index >= 15 is 0 Å². The van der Waals surface area contributed by atoms with Crippen molar-refractivity contribution in [2.24, 2.45) is 0 Å². The molecule has 0 radical (unpaired) electrons. The lowest BCUT2D eigenvalue weighted by molar-refractivity contribution is 0.103. The Labute approximate surface area is 153 Å². The first-order chi connectivity index (χ1) is 12.7. The van der Waals surface area contributed by atoms with E-state index in [1.54, 1.807) is 57.9 Å². The zero-order valence-corrected chi connectivity index (χ0v) is 15.7. The number of methoxy groups -OCH3 is 3. The van der Waals surface area contributed by atoms with E-state index in [-0.39, 0.29) is 5.78 Å². The molecule has 5 nitrogen and oxygen atoms in total. The summed E-state index contributed by atoms with van der Waals surface area (Å²) in [6, 6.07) is 12.4. The van der Waals surface area contributed by atoms with Crippen molar-refractivity contribution in [3.63, 3.8) is 0 Å². The van der Waals surface area contributed by atoms with E-state index in [1.807, 2.05) is 26.0 Å². The van der Waals surface area contributed by atoms with Crippen LogP contribution in [0.2, 0.25) is 0 Å². The minimum atomic E-state index is -0.157. The maximum absolute atomic E-state index is 12.8. The Balaban J connectivity index is 0.00000117. The molecule has 3 rings (SSSR count). The Morgan fingerprint density at radius 2 is 1.46 bits per heavy atom. The number of ketones is 1. The number of hydrogen-bond acceptors (Lipinski definition) is 5. The number of pyridine rings is 1. The van der Waals surface area contributed by atoms with Crippen molar-refractivity contribution in [3.8, 4) is 17.2 Å². The van der Waals surface area contributed by atoms with Gasteiger partial charge in [-0.3, -0.25) is 9.78 Å². The fourth-order valence-electron chi connectivity index (χ4n) is 2.56. The number of hydrogen-bond donors (Lipinski definition) is 0. The summed E-state index contributed by atoms with van der Waals surface area (Å²) in [6.45, 7) is 4.00. The Bertz CT molecular complexity index is 888. The van der Waals surface area contributed by atoms with Gasteiger partial charge in [0.1, 0.15) is 11.4 Å². The molecule has 5 heteroatoms. The number of carbonyl (C=O) groups excluding carboxylic acids is 1. The van der Waals surface area contributed by atoms with Crippen LogP contribution < -0.4 is 14.2 Å². The van der Waals surface area contributed by atoms with Gasteiger partial charge in [0.05, 0.1) is 21.3 Å². The Morgan fingerprint density at radius 1 is 0.846 bits per heavy atom. The van der Waals surface area contributed by atoms with E-state index in [4.69, 9.17) is 14.2 Å². The molecule has 3 aromatic rings. The normalized spacial score (nSPS) is 9.88. The third-order valence-corrected chi connectivity index (χ3v) is 3.84. The largest absolute Gasteiger partial charge is 0.497 e. The number of nitrogens with zero attached hydrogens (tertiary/aromatic N) is 1. The van der Waals surface area contributed by atoms with Gasteiger partial charge in [0.15, 0.2) is 11.5 Å². The number of aromatic nitrogens is 1. The molecule has 0 amide bonds. The molecule has 1 aromatic heterocycles. The quantitative estimate of drug-likeness (QED) is 0.631. The SMILES string of the molecule is CC.COc1ccc(C(=O)c2nccc3cc(OC)c(OC)cc23)cc1. The van der Waals surface area contributed by atoms with Crippen LogP contribution in [0.4, 0.5) is 0 Å². The molecular weight excluding hydrogens is 330 g/mol. The second-order valence-corrected chi connectivity index (χ2v) is 5.15. The summed E-state index contributed by atoms with van der Waals surface area (Å²) in [5, 5.41) is 1.58. The van der Waals surface area contributed by atoms with Gasteiger partial charge in [0.25, 0.3) is 0 Å². The number of carbonyl (C=O) groups is 1. The van der Waals surface area contributed by atoms with E-state index in [9.17, 15) is 4.79 Å². The molecule has 0 bridgehead atoms. The molecular formula is C21H23NO4. The molecule has 0 atom stereocenters. The minimum Gasteiger partial charge on any atom is -0.497 e. The lowest BCUT2D eigenvalue weighted by Gasteiger charge is -2.11. The lowest BCUT2D eigenvalue weighted by atomic mass is 10.0. The highest BCUT2D eigenvalue weighted by molar-refractivity contribution is 6.15. The Morgan fingerprint density at radius 3 is 2.04 bits per heavy atom. The van der Waals surface area contributed by atoms with Crippen LogP contribution in [0.5, 0.6) is 17.2 Å². The van der Waals surface area contributed by atoms with E-state index in [0.717, 1.165) is 10.8 Å². The van der Waals surface area contributed by atoms with Crippen LogP contribution in [0, 0.1) is 0 Å². The van der Waals surface area contributed by atoms with Gasteiger partial charge in [0.2, 0.25) is 5.78 Å². The van der Waals surface area contributed by atoms with Crippen molar-refractivity contribution in [3.05, 3.63) is 59.9 Å². The maximum Gasteiger partial charge on any atom is 0.211 e. The fourth-order valence-corrected chi connectivity index (χ4v) is 2.56. The summed E-state index contributed by atoms with van der Waals surface area (Å²) in [4.78, 5) is 17.1. The minimum absolute atomic E-state index is 0.157. The second-order valence-electron chi connectivity index (χ2n) is 5.15. The molecule has 26 heavy (non-hydrogen) atoms. The highest BCUT2D eigenvalue weighted by Gasteiger charge is 2.16. The van der Waals surface area contributed by atoms with E-state index < -0.39 is 0 Å². The molecule has 0 unspecified atom stereocenters. The van der Waals surface area contributed by atoms with E-state index in [0.29, 0.717) is 28.5 Å². The number of rotatable bonds is 5. The van der Waals surface area contributed by atoms with Crippen molar-refractivity contribution in [2.45, 2.75) is 13.8 Å². The van der Waals surface area contributed by atoms with Crippen LogP contribution >= 0.6 is 0 Å². The number of fused-ring (bicyclic) bond motifs is 1. The number of ether oxygens (including phenoxy) is 3. The molecule has 0 aliphatic carbocycles. The molecule has 136 valence electrons. The van der Waals surface area contributed by atoms with Crippen molar-refractivity contribution in [1.29, 1.82) is 0 Å². The first-order valence-electron chi connectivity index (χ1n) is 8.37. The van der Waals surface area contributed by atoms with Gasteiger partial charge in [-0.25, -0.2) is 0 Å². The van der Waals surface area contributed by atoms with Crippen molar-refractivity contribution in [1.82, 2.24) is 4.98 Å². The predicted octanol–water partition coefficient (Wildman–Crippen LogP) is 4.52. The van der Waals surface area contributed by atoms with E-state index in [2.05, 4.69) is 4.98 Å². The van der Waals surface area contributed by atoms with Crippen molar-refractivity contribution in [2.75, 3.05) is 21.3 Å². The van der Waals surface area contributed by atoms with Gasteiger partial charge in [0, 0.05) is 17.1 Å². The van der Waals surface area contributed by atoms with Crippen LogP contribution in [-0.2, 0) is 0 Å². The van der Waals surface area contributed by atoms with Crippen LogP contribution in [0.3, 0.4) is 0 Å². The van der Waals surface area contributed by atoms with Gasteiger partial charge in [-0.2, -0.15) is 0 Å². The fraction of sp³-hybridized carbons (Fsp3) is 0.238. The molecule has 0 spiro atoms. The number of benzene rings is 2. The average molecular weight is 353 g/mol. The van der Waals surface area contributed by atoms with Crippen molar-refractivity contribution >= 4 is 16.6 Å². The van der Waals surface area contributed by atoms with Gasteiger partial charge in [-0.05, 0) is 47.9 Å². The summed E-state index contributed by atoms with van der Waals surface area (Å²) >= 11 is 0. The zero-order valence-electron chi connectivity index (χ0n) is 15.7. The maximum atomic E-state index is 12.8. The molecule has 2 aromatic carbocycles. The molecule has 0 saturated heterocycles.